The Labute approximate surface area is 217 Å². The van der Waals surface area contributed by atoms with Crippen LogP contribution in [0, 0.1) is 11.3 Å². The lowest BCUT2D eigenvalue weighted by Crippen LogP contribution is -2.27. The average Bonchev–Trinajstić information content (AvgIpc) is 2.82. The molecule has 0 unspecified atom stereocenters. The fourth-order valence-electron chi connectivity index (χ4n) is 3.17. The smallest absolute Gasteiger partial charge is 0.262 e. The van der Waals surface area contributed by atoms with Crippen LogP contribution in [0.15, 0.2) is 70.7 Å². The zero-order chi connectivity index (χ0) is 24.7. The van der Waals surface area contributed by atoms with Crippen LogP contribution in [0.3, 0.4) is 0 Å². The number of hydrogen-bond acceptors (Lipinski definition) is 4. The monoisotopic (exact) mass is 558 g/mol. The summed E-state index contributed by atoms with van der Waals surface area (Å²) >= 11 is 15.7. The van der Waals surface area contributed by atoms with Gasteiger partial charge in [-0.15, -0.1) is 0 Å². The van der Waals surface area contributed by atoms with E-state index in [4.69, 9.17) is 32.7 Å². The molecule has 0 saturated carbocycles. The summed E-state index contributed by atoms with van der Waals surface area (Å²) < 4.78 is 12.0. The molecule has 0 fully saturated rings. The number of halogens is 3. The third-order valence-electron chi connectivity index (χ3n) is 4.96. The van der Waals surface area contributed by atoms with Gasteiger partial charge in [-0.2, -0.15) is 5.26 Å². The molecule has 0 heterocycles. The number of nitriles is 1. The van der Waals surface area contributed by atoms with E-state index in [1.165, 1.54) is 13.2 Å². The van der Waals surface area contributed by atoms with Crippen molar-refractivity contribution in [3.8, 4) is 17.6 Å². The first-order valence-corrected chi connectivity index (χ1v) is 11.8. The summed E-state index contributed by atoms with van der Waals surface area (Å²) in [6, 6.07) is 19.9. The van der Waals surface area contributed by atoms with Gasteiger partial charge in [-0.05, 0) is 64.3 Å². The van der Waals surface area contributed by atoms with E-state index < -0.39 is 5.91 Å². The van der Waals surface area contributed by atoms with Crippen molar-refractivity contribution in [2.45, 2.75) is 19.6 Å². The summed E-state index contributed by atoms with van der Waals surface area (Å²) in [7, 11) is 1.51. The standard InChI is InChI=1S/C26H21BrCl2N2O3/c1-16(18-6-4-3-5-7-18)31-26(32)20(14-30)10-17-11-22(27)25(24(12-17)33-2)34-15-19-8-9-21(28)13-23(19)29/h3-13,16H,15H2,1-2H3,(H,31,32)/b20-10-/t16-/m1/s1. The quantitative estimate of drug-likeness (QED) is 0.235. The first-order chi connectivity index (χ1) is 16.3. The molecule has 1 amide bonds. The molecule has 3 rings (SSSR count). The third kappa shape index (κ3) is 6.54. The van der Waals surface area contributed by atoms with Crippen LogP contribution in [-0.4, -0.2) is 13.0 Å². The van der Waals surface area contributed by atoms with E-state index in [1.807, 2.05) is 43.3 Å². The SMILES string of the molecule is COc1cc(/C=C(/C#N)C(=O)N[C@H](C)c2ccccc2)cc(Br)c1OCc1ccc(Cl)cc1Cl. The van der Waals surface area contributed by atoms with E-state index in [0.717, 1.165) is 11.1 Å². The van der Waals surface area contributed by atoms with E-state index in [9.17, 15) is 10.1 Å². The molecule has 0 aromatic heterocycles. The summed E-state index contributed by atoms with van der Waals surface area (Å²) in [5.41, 5.74) is 2.28. The zero-order valence-electron chi connectivity index (χ0n) is 18.4. The molecular weight excluding hydrogens is 539 g/mol. The first kappa shape index (κ1) is 25.6. The maximum atomic E-state index is 12.7. The lowest BCUT2D eigenvalue weighted by Gasteiger charge is -2.15. The summed E-state index contributed by atoms with van der Waals surface area (Å²) in [6.45, 7) is 2.06. The highest BCUT2D eigenvalue weighted by Crippen LogP contribution is 2.38. The summed E-state index contributed by atoms with van der Waals surface area (Å²) in [5.74, 6) is 0.430. The second-order valence-electron chi connectivity index (χ2n) is 7.33. The van der Waals surface area contributed by atoms with Crippen molar-refractivity contribution >= 4 is 51.1 Å². The van der Waals surface area contributed by atoms with Crippen molar-refractivity contribution in [2.24, 2.45) is 0 Å². The van der Waals surface area contributed by atoms with Gasteiger partial charge in [0, 0.05) is 15.6 Å². The van der Waals surface area contributed by atoms with Gasteiger partial charge in [0.25, 0.3) is 5.91 Å². The summed E-state index contributed by atoms with van der Waals surface area (Å²) in [6.07, 6.45) is 1.50. The first-order valence-electron chi connectivity index (χ1n) is 10.2. The number of hydrogen-bond donors (Lipinski definition) is 1. The molecule has 174 valence electrons. The average molecular weight is 560 g/mol. The van der Waals surface area contributed by atoms with E-state index >= 15 is 0 Å². The van der Waals surface area contributed by atoms with E-state index in [1.54, 1.807) is 30.3 Å². The van der Waals surface area contributed by atoms with Crippen LogP contribution in [0.1, 0.15) is 29.7 Å². The van der Waals surface area contributed by atoms with Crippen LogP contribution in [0.5, 0.6) is 11.5 Å². The van der Waals surface area contributed by atoms with Crippen molar-refractivity contribution in [1.82, 2.24) is 5.32 Å². The number of rotatable bonds is 8. The number of methoxy groups -OCH3 is 1. The molecule has 3 aromatic rings. The van der Waals surface area contributed by atoms with E-state index in [2.05, 4.69) is 21.2 Å². The van der Waals surface area contributed by atoms with Gasteiger partial charge in [-0.25, -0.2) is 0 Å². The molecule has 0 saturated heterocycles. The molecule has 8 heteroatoms. The van der Waals surface area contributed by atoms with E-state index in [-0.39, 0.29) is 18.2 Å². The minimum absolute atomic E-state index is 0.0293. The van der Waals surface area contributed by atoms with Gasteiger partial charge in [0.05, 0.1) is 17.6 Å². The van der Waals surface area contributed by atoms with Gasteiger partial charge in [0.1, 0.15) is 18.2 Å². The van der Waals surface area contributed by atoms with Crippen LogP contribution in [0.25, 0.3) is 6.08 Å². The third-order valence-corrected chi connectivity index (χ3v) is 6.14. The van der Waals surface area contributed by atoms with Crippen LogP contribution < -0.4 is 14.8 Å². The fourth-order valence-corrected chi connectivity index (χ4v) is 4.20. The minimum atomic E-state index is -0.466. The second kappa shape index (κ2) is 11.9. The maximum Gasteiger partial charge on any atom is 0.262 e. The second-order valence-corrected chi connectivity index (χ2v) is 9.03. The molecule has 0 aliphatic heterocycles. The van der Waals surface area contributed by atoms with Gasteiger partial charge in [-0.1, -0.05) is 59.6 Å². The highest BCUT2D eigenvalue weighted by Gasteiger charge is 2.16. The number of amides is 1. The topological polar surface area (TPSA) is 71.3 Å². The highest BCUT2D eigenvalue weighted by atomic mass is 79.9. The number of benzene rings is 3. The van der Waals surface area contributed by atoms with Crippen LogP contribution >= 0.6 is 39.1 Å². The van der Waals surface area contributed by atoms with Crippen molar-refractivity contribution < 1.29 is 14.3 Å². The Kier molecular flexibility index (Phi) is 9.00. The normalized spacial score (nSPS) is 11.9. The summed E-state index contributed by atoms with van der Waals surface area (Å²) in [5, 5.41) is 13.5. The van der Waals surface area contributed by atoms with Gasteiger partial charge in [-0.3, -0.25) is 4.79 Å². The Bertz CT molecular complexity index is 1260. The zero-order valence-corrected chi connectivity index (χ0v) is 21.5. The van der Waals surface area contributed by atoms with Crippen LogP contribution in [0.4, 0.5) is 0 Å². The number of nitrogens with zero attached hydrogens (tertiary/aromatic N) is 1. The van der Waals surface area contributed by atoms with Gasteiger partial charge < -0.3 is 14.8 Å². The minimum Gasteiger partial charge on any atom is -0.493 e. The van der Waals surface area contributed by atoms with E-state index in [0.29, 0.717) is 31.6 Å². The van der Waals surface area contributed by atoms with Gasteiger partial charge in [0.15, 0.2) is 11.5 Å². The lowest BCUT2D eigenvalue weighted by atomic mass is 10.1. The van der Waals surface area contributed by atoms with Gasteiger partial charge in [0.2, 0.25) is 0 Å². The molecule has 0 spiro atoms. The predicted octanol–water partition coefficient (Wildman–Crippen LogP) is 7.13. The Hall–Kier alpha value is -2.98. The van der Waals surface area contributed by atoms with Crippen molar-refractivity contribution in [3.05, 3.63) is 97.4 Å². The Morgan fingerprint density at radius 2 is 1.91 bits per heavy atom. The molecule has 3 aromatic carbocycles. The van der Waals surface area contributed by atoms with Crippen LogP contribution in [0.2, 0.25) is 10.0 Å². The van der Waals surface area contributed by atoms with Crippen molar-refractivity contribution in [2.75, 3.05) is 7.11 Å². The molecule has 0 radical (unpaired) electrons. The lowest BCUT2D eigenvalue weighted by molar-refractivity contribution is -0.117. The molecule has 0 aliphatic carbocycles. The van der Waals surface area contributed by atoms with Crippen molar-refractivity contribution in [1.29, 1.82) is 5.26 Å². The number of nitrogens with one attached hydrogen (secondary N) is 1. The predicted molar refractivity (Wildman–Crippen MR) is 138 cm³/mol. The molecule has 0 aliphatic rings. The largest absolute Gasteiger partial charge is 0.493 e. The molecule has 1 atom stereocenters. The van der Waals surface area contributed by atoms with Gasteiger partial charge >= 0.3 is 0 Å². The van der Waals surface area contributed by atoms with Crippen LogP contribution in [-0.2, 0) is 11.4 Å². The number of carbonyl (C=O) groups excluding carboxylic acids is 1. The van der Waals surface area contributed by atoms with Crippen molar-refractivity contribution in [3.63, 3.8) is 0 Å². The Balaban J connectivity index is 1.80. The fraction of sp³-hybridized carbons (Fsp3) is 0.154. The maximum absolute atomic E-state index is 12.7. The highest BCUT2D eigenvalue weighted by molar-refractivity contribution is 9.10. The summed E-state index contributed by atoms with van der Waals surface area (Å²) in [4.78, 5) is 12.7. The number of carbonyl (C=O) groups is 1. The Morgan fingerprint density at radius 1 is 1.18 bits per heavy atom. The Morgan fingerprint density at radius 3 is 2.56 bits per heavy atom. The molecule has 5 nitrogen and oxygen atoms in total. The molecule has 1 N–H and O–H groups in total. The molecule has 0 bridgehead atoms. The molecular formula is C26H21BrCl2N2O3. The number of ether oxygens (including phenoxy) is 2. The molecule has 34 heavy (non-hydrogen) atoms.